The molecule has 34 heavy (non-hydrogen) atoms. The Kier molecular flexibility index (Phi) is 10.2. The highest BCUT2D eigenvalue weighted by Crippen LogP contribution is 2.29. The van der Waals surface area contributed by atoms with E-state index in [1.807, 2.05) is 25.0 Å². The minimum atomic E-state index is -4.12. The van der Waals surface area contributed by atoms with E-state index in [2.05, 4.69) is 14.7 Å². The molecule has 1 saturated heterocycles. The van der Waals surface area contributed by atoms with Crippen LogP contribution in [0.15, 0.2) is 40.5 Å². The summed E-state index contributed by atoms with van der Waals surface area (Å²) in [4.78, 5) is 33.0. The fourth-order valence-electron chi connectivity index (χ4n) is 3.47. The number of sulfonamides is 1. The first-order valence-corrected chi connectivity index (χ1v) is 13.6. The van der Waals surface area contributed by atoms with Crippen molar-refractivity contribution in [3.05, 3.63) is 46.1 Å². The number of hydrogen-bond acceptors (Lipinski definition) is 10. The van der Waals surface area contributed by atoms with Crippen LogP contribution in [-0.2, 0) is 14.8 Å². The Morgan fingerprint density at radius 3 is 2.71 bits per heavy atom. The maximum Gasteiger partial charge on any atom is 0.343 e. The van der Waals surface area contributed by atoms with Crippen molar-refractivity contribution in [1.82, 2.24) is 14.7 Å². The Labute approximate surface area is 203 Å². The van der Waals surface area contributed by atoms with Crippen molar-refractivity contribution < 1.29 is 22.9 Å². The fourth-order valence-corrected chi connectivity index (χ4v) is 5.05. The van der Waals surface area contributed by atoms with Crippen LogP contribution in [0, 0.1) is 10.1 Å². The van der Waals surface area contributed by atoms with Gasteiger partial charge in [-0.05, 0) is 32.1 Å². The Balaban J connectivity index is 0.00000199. The van der Waals surface area contributed by atoms with Crippen molar-refractivity contribution in [2.45, 2.75) is 49.7 Å². The minimum absolute atomic E-state index is 0.00471. The molecule has 3 rings (SSSR count). The van der Waals surface area contributed by atoms with Crippen molar-refractivity contribution in [1.29, 1.82) is 0 Å². The standard InChI is InChI=1S/C19H23N5O6S2.C2H6/c1-3-30-18(25)14-12-20-19(31-2)22-17(14)23-10-6-7-13(23)11-21-32(28,29)16-9-5-4-8-15(16)24(26)27;1-2/h4-5,8-9,12-13,21H,3,6-7,10-11H2,1-2H3;1-2H3. The Hall–Kier alpha value is -2.77. The van der Waals surface area contributed by atoms with Crippen molar-refractivity contribution in [2.24, 2.45) is 0 Å². The predicted octanol–water partition coefficient (Wildman–Crippen LogP) is 3.26. The molecule has 1 fully saturated rings. The number of rotatable bonds is 9. The lowest BCUT2D eigenvalue weighted by Crippen LogP contribution is -2.41. The summed E-state index contributed by atoms with van der Waals surface area (Å²) in [6.45, 7) is 6.46. The van der Waals surface area contributed by atoms with Gasteiger partial charge in [-0.2, -0.15) is 0 Å². The fraction of sp³-hybridized carbons (Fsp3) is 0.476. The zero-order chi connectivity index (χ0) is 25.3. The van der Waals surface area contributed by atoms with Crippen LogP contribution in [0.4, 0.5) is 11.5 Å². The molecule has 1 aliphatic heterocycles. The van der Waals surface area contributed by atoms with Gasteiger partial charge in [-0.25, -0.2) is 27.9 Å². The number of nitro benzene ring substituents is 1. The van der Waals surface area contributed by atoms with Gasteiger partial charge in [0.05, 0.1) is 11.5 Å². The van der Waals surface area contributed by atoms with E-state index in [0.717, 1.165) is 12.5 Å². The molecule has 1 N–H and O–H groups in total. The summed E-state index contributed by atoms with van der Waals surface area (Å²) >= 11 is 1.32. The highest BCUT2D eigenvalue weighted by Gasteiger charge is 2.32. The second-order valence-electron chi connectivity index (χ2n) is 6.88. The minimum Gasteiger partial charge on any atom is -0.462 e. The largest absolute Gasteiger partial charge is 0.462 e. The molecule has 0 saturated carbocycles. The van der Waals surface area contributed by atoms with Crippen molar-refractivity contribution >= 4 is 39.3 Å². The number of thioether (sulfide) groups is 1. The van der Waals surface area contributed by atoms with Gasteiger partial charge >= 0.3 is 5.97 Å². The molecule has 0 amide bonds. The van der Waals surface area contributed by atoms with Gasteiger partial charge in [-0.3, -0.25) is 10.1 Å². The average Bonchev–Trinajstić information content (AvgIpc) is 3.32. The highest BCUT2D eigenvalue weighted by atomic mass is 32.2. The van der Waals surface area contributed by atoms with E-state index >= 15 is 0 Å². The SMILES string of the molecule is CC.CCOC(=O)c1cnc(SC)nc1N1CCCC1CNS(=O)(=O)c1ccccc1[N+](=O)[O-]. The number of nitrogens with zero attached hydrogens (tertiary/aromatic N) is 4. The maximum atomic E-state index is 12.8. The van der Waals surface area contributed by atoms with Crippen LogP contribution in [0.5, 0.6) is 0 Å². The van der Waals surface area contributed by atoms with Gasteiger partial charge in [-0.15, -0.1) is 0 Å². The summed E-state index contributed by atoms with van der Waals surface area (Å²) < 4.78 is 33.2. The number of esters is 1. The molecule has 1 atom stereocenters. The van der Waals surface area contributed by atoms with E-state index in [4.69, 9.17) is 4.74 Å². The lowest BCUT2D eigenvalue weighted by Gasteiger charge is -2.27. The van der Waals surface area contributed by atoms with E-state index in [0.29, 0.717) is 23.9 Å². The first-order chi connectivity index (χ1) is 16.3. The number of anilines is 1. The first-order valence-electron chi connectivity index (χ1n) is 10.9. The van der Waals surface area contributed by atoms with Gasteiger partial charge in [0.15, 0.2) is 10.1 Å². The van der Waals surface area contributed by atoms with Gasteiger partial charge in [0, 0.05) is 31.4 Å². The summed E-state index contributed by atoms with van der Waals surface area (Å²) in [7, 11) is -4.12. The molecule has 0 spiro atoms. The van der Waals surface area contributed by atoms with Gasteiger partial charge in [0.2, 0.25) is 10.0 Å². The second kappa shape index (κ2) is 12.6. The van der Waals surface area contributed by atoms with Crippen molar-refractivity contribution in [3.8, 4) is 0 Å². The van der Waals surface area contributed by atoms with Crippen LogP contribution < -0.4 is 9.62 Å². The number of ether oxygens (including phenoxy) is 1. The van der Waals surface area contributed by atoms with E-state index in [-0.39, 0.29) is 24.8 Å². The lowest BCUT2D eigenvalue weighted by molar-refractivity contribution is -0.387. The number of carbonyl (C=O) groups is 1. The molecule has 1 aliphatic rings. The second-order valence-corrected chi connectivity index (χ2v) is 9.39. The molecule has 0 bridgehead atoms. The average molecular weight is 512 g/mol. The summed E-state index contributed by atoms with van der Waals surface area (Å²) in [5.74, 6) is -0.170. The molecule has 11 nitrogen and oxygen atoms in total. The number of nitrogens with one attached hydrogen (secondary N) is 1. The molecule has 0 radical (unpaired) electrons. The lowest BCUT2D eigenvalue weighted by atomic mass is 10.2. The van der Waals surface area contributed by atoms with E-state index in [1.54, 1.807) is 6.92 Å². The number of nitro groups is 1. The van der Waals surface area contributed by atoms with Gasteiger partial charge in [0.1, 0.15) is 11.4 Å². The van der Waals surface area contributed by atoms with Crippen LogP contribution in [0.2, 0.25) is 0 Å². The Bertz CT molecular complexity index is 1110. The topological polar surface area (TPSA) is 145 Å². The highest BCUT2D eigenvalue weighted by molar-refractivity contribution is 7.98. The number of aromatic nitrogens is 2. The maximum absolute atomic E-state index is 12.8. The molecule has 13 heteroatoms. The third-order valence-corrected chi connectivity index (χ3v) is 6.97. The van der Waals surface area contributed by atoms with Gasteiger partial charge < -0.3 is 9.64 Å². The van der Waals surface area contributed by atoms with E-state index in [1.165, 1.54) is 36.2 Å². The normalized spacial score (nSPS) is 15.4. The van der Waals surface area contributed by atoms with Crippen LogP contribution in [0.3, 0.4) is 0 Å². The van der Waals surface area contributed by atoms with Crippen LogP contribution >= 0.6 is 11.8 Å². The number of benzene rings is 1. The van der Waals surface area contributed by atoms with Crippen LogP contribution in [0.25, 0.3) is 0 Å². The number of carbonyl (C=O) groups excluding carboxylic acids is 1. The molecular formula is C21H29N5O6S2. The Morgan fingerprint density at radius 2 is 2.06 bits per heavy atom. The monoisotopic (exact) mass is 511 g/mol. The first kappa shape index (κ1) is 27.5. The molecule has 2 heterocycles. The summed E-state index contributed by atoms with van der Waals surface area (Å²) in [6, 6.07) is 4.88. The van der Waals surface area contributed by atoms with Crippen molar-refractivity contribution in [3.63, 3.8) is 0 Å². The third-order valence-electron chi connectivity index (χ3n) is 4.93. The summed E-state index contributed by atoms with van der Waals surface area (Å²) in [6.07, 6.45) is 4.64. The molecule has 1 unspecified atom stereocenters. The molecule has 1 aromatic carbocycles. The zero-order valence-electron chi connectivity index (χ0n) is 19.6. The molecular weight excluding hydrogens is 482 g/mol. The Morgan fingerprint density at radius 1 is 1.35 bits per heavy atom. The van der Waals surface area contributed by atoms with Gasteiger partial charge in [-0.1, -0.05) is 37.7 Å². The van der Waals surface area contributed by atoms with Crippen LogP contribution in [0.1, 0.15) is 44.0 Å². The number of para-hydroxylation sites is 1. The quantitative estimate of drug-likeness (QED) is 0.175. The van der Waals surface area contributed by atoms with Crippen LogP contribution in [-0.4, -0.2) is 61.3 Å². The predicted molar refractivity (Wildman–Crippen MR) is 130 cm³/mol. The summed E-state index contributed by atoms with van der Waals surface area (Å²) in [5, 5.41) is 11.7. The van der Waals surface area contributed by atoms with Crippen molar-refractivity contribution in [2.75, 3.05) is 30.9 Å². The zero-order valence-corrected chi connectivity index (χ0v) is 21.2. The van der Waals surface area contributed by atoms with Gasteiger partial charge in [0.25, 0.3) is 5.69 Å². The third kappa shape index (κ3) is 6.42. The molecule has 0 aliphatic carbocycles. The molecule has 1 aromatic heterocycles. The smallest absolute Gasteiger partial charge is 0.343 e. The number of hydrogen-bond donors (Lipinski definition) is 1. The van der Waals surface area contributed by atoms with E-state index in [9.17, 15) is 23.3 Å². The summed E-state index contributed by atoms with van der Waals surface area (Å²) in [5.41, 5.74) is -0.286. The van der Waals surface area contributed by atoms with E-state index < -0.39 is 31.5 Å². The molecule has 2 aromatic rings. The molecule has 186 valence electrons.